The summed E-state index contributed by atoms with van der Waals surface area (Å²) in [6.45, 7) is 2.21. The summed E-state index contributed by atoms with van der Waals surface area (Å²) >= 11 is 1.50. The molecule has 1 aromatic heterocycles. The number of aryl methyl sites for hydroxylation is 1. The van der Waals surface area contributed by atoms with E-state index >= 15 is 0 Å². The number of nitrogens with zero attached hydrogens (tertiary/aromatic N) is 2. The van der Waals surface area contributed by atoms with E-state index in [2.05, 4.69) is 4.98 Å². The molecule has 3 heterocycles. The molecule has 1 saturated carbocycles. The zero-order valence-electron chi connectivity index (χ0n) is 18.0. The SMILES string of the molecule is Cc1ccc(-c2nccs2)c(C(=O)N2C(COc3ccc(C(F)(F)F)cc3)CC3CC2C3)c1. The normalized spacial score (nSPS) is 22.1. The average molecular weight is 473 g/mol. The molecular weight excluding hydrogens is 449 g/mol. The third-order valence-corrected chi connectivity index (χ3v) is 7.34. The molecule has 1 aliphatic carbocycles. The number of carbonyl (C=O) groups excluding carboxylic acids is 1. The Bertz CT molecular complexity index is 1140. The Morgan fingerprint density at radius 3 is 2.58 bits per heavy atom. The summed E-state index contributed by atoms with van der Waals surface area (Å²) in [5, 5.41) is 2.70. The molecule has 172 valence electrons. The van der Waals surface area contributed by atoms with Gasteiger partial charge in [-0.3, -0.25) is 4.79 Å². The number of halogens is 3. The number of amides is 1. The minimum Gasteiger partial charge on any atom is -0.491 e. The highest BCUT2D eigenvalue weighted by molar-refractivity contribution is 7.13. The van der Waals surface area contributed by atoms with Gasteiger partial charge in [0.05, 0.1) is 17.2 Å². The first-order valence-corrected chi connectivity index (χ1v) is 11.8. The Kier molecular flexibility index (Phi) is 5.64. The second kappa shape index (κ2) is 8.48. The predicted octanol–water partition coefficient (Wildman–Crippen LogP) is 6.21. The molecule has 2 aromatic carbocycles. The van der Waals surface area contributed by atoms with Crippen molar-refractivity contribution in [2.75, 3.05) is 6.61 Å². The lowest BCUT2D eigenvalue weighted by Gasteiger charge is -2.53. The molecule has 2 aliphatic heterocycles. The molecule has 1 unspecified atom stereocenters. The van der Waals surface area contributed by atoms with Crippen LogP contribution in [0.5, 0.6) is 5.75 Å². The number of carbonyl (C=O) groups is 1. The quantitative estimate of drug-likeness (QED) is 0.443. The lowest BCUT2D eigenvalue weighted by Crippen LogP contribution is -2.60. The van der Waals surface area contributed by atoms with Crippen LogP contribution in [0, 0.1) is 12.8 Å². The Hall–Kier alpha value is -2.87. The van der Waals surface area contributed by atoms with Gasteiger partial charge in [0.15, 0.2) is 0 Å². The highest BCUT2D eigenvalue weighted by Gasteiger charge is 2.47. The largest absolute Gasteiger partial charge is 0.491 e. The summed E-state index contributed by atoms with van der Waals surface area (Å²) in [5.41, 5.74) is 1.75. The minimum absolute atomic E-state index is 0.0342. The van der Waals surface area contributed by atoms with E-state index in [-0.39, 0.29) is 24.6 Å². The van der Waals surface area contributed by atoms with E-state index in [1.807, 2.05) is 35.4 Å². The molecule has 1 amide bonds. The highest BCUT2D eigenvalue weighted by Crippen LogP contribution is 2.44. The van der Waals surface area contributed by atoms with Crippen LogP contribution in [0.3, 0.4) is 0 Å². The number of hydrogen-bond donors (Lipinski definition) is 0. The van der Waals surface area contributed by atoms with E-state index in [0.29, 0.717) is 17.2 Å². The molecule has 0 radical (unpaired) electrons. The van der Waals surface area contributed by atoms with Crippen LogP contribution in [0.2, 0.25) is 0 Å². The van der Waals surface area contributed by atoms with E-state index in [0.717, 1.165) is 47.5 Å². The van der Waals surface area contributed by atoms with Gasteiger partial charge in [-0.25, -0.2) is 4.98 Å². The van der Waals surface area contributed by atoms with Crippen molar-refractivity contribution in [2.45, 2.75) is 44.4 Å². The summed E-state index contributed by atoms with van der Waals surface area (Å²) < 4.78 is 44.3. The molecule has 33 heavy (non-hydrogen) atoms. The molecule has 2 bridgehead atoms. The van der Waals surface area contributed by atoms with Crippen molar-refractivity contribution in [3.8, 4) is 16.3 Å². The van der Waals surface area contributed by atoms with Gasteiger partial charge >= 0.3 is 6.18 Å². The average Bonchev–Trinajstić information content (AvgIpc) is 3.31. The van der Waals surface area contributed by atoms with Gasteiger partial charge in [-0.2, -0.15) is 13.2 Å². The van der Waals surface area contributed by atoms with Crippen LogP contribution in [-0.2, 0) is 6.18 Å². The third kappa shape index (κ3) is 4.36. The van der Waals surface area contributed by atoms with Crippen molar-refractivity contribution in [1.82, 2.24) is 9.88 Å². The molecule has 1 atom stereocenters. The number of benzene rings is 2. The van der Waals surface area contributed by atoms with Gasteiger partial charge in [-0.15, -0.1) is 11.3 Å². The predicted molar refractivity (Wildman–Crippen MR) is 120 cm³/mol. The first kappa shape index (κ1) is 21.9. The number of piperidine rings is 2. The van der Waals surface area contributed by atoms with Crippen molar-refractivity contribution in [2.24, 2.45) is 5.92 Å². The standard InChI is InChI=1S/C25H23F3N2O2S/c1-15-2-7-21(23-29-8-9-33-23)22(10-15)24(31)30-18-11-16(12-18)13-19(30)14-32-20-5-3-17(4-6-20)25(26,27)28/h2-10,16,18-19H,11-14H2,1H3. The van der Waals surface area contributed by atoms with Crippen molar-refractivity contribution in [3.05, 3.63) is 70.7 Å². The fourth-order valence-electron chi connectivity index (χ4n) is 4.85. The molecule has 8 heteroatoms. The molecule has 3 aliphatic rings. The second-order valence-corrected chi connectivity index (χ2v) is 9.71. The van der Waals surface area contributed by atoms with E-state index in [4.69, 9.17) is 4.74 Å². The molecular formula is C25H23F3N2O2S. The summed E-state index contributed by atoms with van der Waals surface area (Å²) in [6, 6.07) is 10.6. The maximum Gasteiger partial charge on any atom is 0.416 e. The van der Waals surface area contributed by atoms with Crippen molar-refractivity contribution in [1.29, 1.82) is 0 Å². The molecule has 0 spiro atoms. The van der Waals surface area contributed by atoms with Crippen molar-refractivity contribution < 1.29 is 22.7 Å². The molecule has 6 rings (SSSR count). The van der Waals surface area contributed by atoms with E-state index < -0.39 is 11.7 Å². The van der Waals surface area contributed by atoms with Gasteiger partial charge < -0.3 is 9.64 Å². The number of rotatable bonds is 5. The first-order valence-electron chi connectivity index (χ1n) is 10.9. The topological polar surface area (TPSA) is 42.4 Å². The Labute approximate surface area is 194 Å². The molecule has 0 N–H and O–H groups in total. The van der Waals surface area contributed by atoms with Gasteiger partial charge in [-0.05, 0) is 62.4 Å². The van der Waals surface area contributed by atoms with Crippen LogP contribution < -0.4 is 4.74 Å². The highest BCUT2D eigenvalue weighted by atomic mass is 32.1. The number of hydrogen-bond acceptors (Lipinski definition) is 4. The number of ether oxygens (including phenoxy) is 1. The number of fused-ring (bicyclic) bond motifs is 2. The molecule has 4 nitrogen and oxygen atoms in total. The second-order valence-electron chi connectivity index (χ2n) is 8.81. The van der Waals surface area contributed by atoms with Crippen molar-refractivity contribution in [3.63, 3.8) is 0 Å². The fraction of sp³-hybridized carbons (Fsp3) is 0.360. The summed E-state index contributed by atoms with van der Waals surface area (Å²) in [4.78, 5) is 20.1. The van der Waals surface area contributed by atoms with Crippen LogP contribution in [0.15, 0.2) is 54.0 Å². The zero-order chi connectivity index (χ0) is 23.2. The molecule has 3 fully saturated rings. The number of aromatic nitrogens is 1. The molecule has 3 aromatic rings. The van der Waals surface area contributed by atoms with Crippen LogP contribution in [0.4, 0.5) is 13.2 Å². The van der Waals surface area contributed by atoms with Gasteiger partial charge in [0, 0.05) is 23.2 Å². The summed E-state index contributed by atoms with van der Waals surface area (Å²) in [7, 11) is 0. The fourth-order valence-corrected chi connectivity index (χ4v) is 5.52. The van der Waals surface area contributed by atoms with Crippen LogP contribution >= 0.6 is 11.3 Å². The van der Waals surface area contributed by atoms with Gasteiger partial charge in [0.1, 0.15) is 17.4 Å². The maximum atomic E-state index is 13.8. The number of alkyl halides is 3. The summed E-state index contributed by atoms with van der Waals surface area (Å²) in [5.74, 6) is 0.901. The smallest absolute Gasteiger partial charge is 0.416 e. The van der Waals surface area contributed by atoms with Gasteiger partial charge in [0.2, 0.25) is 0 Å². The number of thiazole rings is 1. The van der Waals surface area contributed by atoms with Gasteiger partial charge in [-0.1, -0.05) is 17.7 Å². The lowest BCUT2D eigenvalue weighted by atomic mass is 9.70. The summed E-state index contributed by atoms with van der Waals surface area (Å²) in [6.07, 6.45) is 0.157. The van der Waals surface area contributed by atoms with E-state index in [9.17, 15) is 18.0 Å². The molecule has 2 saturated heterocycles. The zero-order valence-corrected chi connectivity index (χ0v) is 18.8. The van der Waals surface area contributed by atoms with Crippen LogP contribution in [0.1, 0.15) is 40.7 Å². The lowest BCUT2D eigenvalue weighted by molar-refractivity contribution is -0.137. The van der Waals surface area contributed by atoms with Crippen LogP contribution in [-0.4, -0.2) is 34.5 Å². The Morgan fingerprint density at radius 2 is 1.91 bits per heavy atom. The maximum absolute atomic E-state index is 13.8. The monoisotopic (exact) mass is 472 g/mol. The van der Waals surface area contributed by atoms with Crippen LogP contribution in [0.25, 0.3) is 10.6 Å². The Balaban J connectivity index is 1.37. The first-order chi connectivity index (χ1) is 15.8. The van der Waals surface area contributed by atoms with E-state index in [1.54, 1.807) is 6.20 Å². The van der Waals surface area contributed by atoms with E-state index in [1.165, 1.54) is 23.5 Å². The minimum atomic E-state index is -4.38. The van der Waals surface area contributed by atoms with Gasteiger partial charge in [0.25, 0.3) is 5.91 Å². The van der Waals surface area contributed by atoms with Crippen molar-refractivity contribution >= 4 is 17.2 Å². The third-order valence-electron chi connectivity index (χ3n) is 6.53. The Morgan fingerprint density at radius 1 is 1.15 bits per heavy atom.